The number of aromatic nitrogens is 5. The molecule has 11 aromatic rings. The second-order valence-electron chi connectivity index (χ2n) is 12.9. The SMILES string of the molecule is c1ccc(-c2nc(-c3ccc4c5ccccc5n(-c5cccc6sc7ccccc7c56)c4c3)nc(-n3c4ccccc4c4ccccc43)n2)cc1. The van der Waals surface area contributed by atoms with E-state index in [4.69, 9.17) is 15.0 Å². The molecule has 0 unspecified atom stereocenters. The van der Waals surface area contributed by atoms with Crippen molar-refractivity contribution in [3.8, 4) is 34.4 Å². The van der Waals surface area contributed by atoms with Gasteiger partial charge in [0.1, 0.15) is 0 Å². The van der Waals surface area contributed by atoms with Gasteiger partial charge in [-0.1, -0.05) is 121 Å². The largest absolute Gasteiger partial charge is 0.309 e. The highest BCUT2D eigenvalue weighted by molar-refractivity contribution is 7.25. The van der Waals surface area contributed by atoms with Gasteiger partial charge in [-0.15, -0.1) is 11.3 Å². The van der Waals surface area contributed by atoms with Gasteiger partial charge in [0, 0.05) is 52.8 Å². The summed E-state index contributed by atoms with van der Waals surface area (Å²) in [4.78, 5) is 15.5. The minimum Gasteiger partial charge on any atom is -0.309 e. The van der Waals surface area contributed by atoms with E-state index in [0.29, 0.717) is 17.6 Å². The molecule has 11 rings (SSSR count). The molecule has 0 N–H and O–H groups in total. The van der Waals surface area contributed by atoms with Gasteiger partial charge in [-0.05, 0) is 42.5 Å². The molecular formula is C45H27N5S. The standard InChI is InChI=1S/C45H27N5S/c1-2-13-28(14-3-1)43-46-44(48-45(47-43)50-36-20-9-5-15-30(36)31-16-6-10-21-37(31)50)29-25-26-33-32-17-4-8-19-35(32)49(39(33)27-29)38-22-12-24-41-42(38)34-18-7-11-23-40(34)51-41/h1-27H. The van der Waals surface area contributed by atoms with Crippen LogP contribution in [-0.4, -0.2) is 24.1 Å². The molecule has 0 fully saturated rings. The highest BCUT2D eigenvalue weighted by Crippen LogP contribution is 2.41. The fraction of sp³-hybridized carbons (Fsp3) is 0. The molecule has 51 heavy (non-hydrogen) atoms. The third-order valence-corrected chi connectivity index (χ3v) is 11.1. The zero-order chi connectivity index (χ0) is 33.5. The summed E-state index contributed by atoms with van der Waals surface area (Å²) in [5.74, 6) is 1.85. The molecule has 0 saturated carbocycles. The lowest BCUT2D eigenvalue weighted by Gasteiger charge is -2.12. The van der Waals surface area contributed by atoms with Crippen molar-refractivity contribution in [3.05, 3.63) is 164 Å². The van der Waals surface area contributed by atoms with Crippen LogP contribution in [0, 0.1) is 0 Å². The van der Waals surface area contributed by atoms with Crippen LogP contribution in [-0.2, 0) is 0 Å². The lowest BCUT2D eigenvalue weighted by molar-refractivity contribution is 0.953. The van der Waals surface area contributed by atoms with E-state index in [9.17, 15) is 0 Å². The average Bonchev–Trinajstić information content (AvgIpc) is 3.86. The van der Waals surface area contributed by atoms with Crippen LogP contribution >= 0.6 is 11.3 Å². The van der Waals surface area contributed by atoms with Crippen LogP contribution in [0.2, 0.25) is 0 Å². The predicted molar refractivity (Wildman–Crippen MR) is 212 cm³/mol. The Balaban J connectivity index is 1.20. The topological polar surface area (TPSA) is 48.5 Å². The number of nitrogens with zero attached hydrogens (tertiary/aromatic N) is 5. The number of hydrogen-bond acceptors (Lipinski definition) is 4. The van der Waals surface area contributed by atoms with Gasteiger partial charge in [-0.2, -0.15) is 9.97 Å². The van der Waals surface area contributed by atoms with Gasteiger partial charge in [0.2, 0.25) is 5.95 Å². The quantitative estimate of drug-likeness (QED) is 0.187. The number of para-hydroxylation sites is 3. The summed E-state index contributed by atoms with van der Waals surface area (Å²) >= 11 is 1.84. The minimum atomic E-state index is 0.589. The smallest absolute Gasteiger partial charge is 0.238 e. The fourth-order valence-corrected chi connectivity index (χ4v) is 8.89. The second-order valence-corrected chi connectivity index (χ2v) is 13.9. The summed E-state index contributed by atoms with van der Waals surface area (Å²) in [5, 5.41) is 7.27. The molecule has 0 saturated heterocycles. The van der Waals surface area contributed by atoms with Crippen LogP contribution in [0.3, 0.4) is 0 Å². The number of benzene rings is 7. The Kier molecular flexibility index (Phi) is 6.05. The van der Waals surface area contributed by atoms with Crippen LogP contribution < -0.4 is 0 Å². The van der Waals surface area contributed by atoms with E-state index in [-0.39, 0.29) is 0 Å². The zero-order valence-electron chi connectivity index (χ0n) is 27.2. The van der Waals surface area contributed by atoms with Gasteiger partial charge in [-0.3, -0.25) is 4.57 Å². The molecule has 4 aromatic heterocycles. The van der Waals surface area contributed by atoms with E-state index in [2.05, 4.69) is 155 Å². The number of hydrogen-bond donors (Lipinski definition) is 0. The van der Waals surface area contributed by atoms with Gasteiger partial charge in [0.15, 0.2) is 11.6 Å². The maximum Gasteiger partial charge on any atom is 0.238 e. The highest BCUT2D eigenvalue weighted by atomic mass is 32.1. The van der Waals surface area contributed by atoms with Crippen LogP contribution in [0.25, 0.3) is 98.2 Å². The Morgan fingerprint density at radius 3 is 1.63 bits per heavy atom. The predicted octanol–water partition coefficient (Wildman–Crippen LogP) is 11.8. The molecular weight excluding hydrogens is 643 g/mol. The van der Waals surface area contributed by atoms with E-state index in [1.54, 1.807) is 0 Å². The lowest BCUT2D eigenvalue weighted by atomic mass is 10.1. The monoisotopic (exact) mass is 669 g/mol. The summed E-state index contributed by atoms with van der Waals surface area (Å²) in [5.41, 5.74) is 7.42. The Morgan fingerprint density at radius 2 is 0.922 bits per heavy atom. The van der Waals surface area contributed by atoms with E-state index >= 15 is 0 Å². The molecule has 0 aliphatic rings. The minimum absolute atomic E-state index is 0.589. The molecule has 0 amide bonds. The summed E-state index contributed by atoms with van der Waals surface area (Å²) in [7, 11) is 0. The zero-order valence-corrected chi connectivity index (χ0v) is 28.0. The Labute approximate surface area is 296 Å². The highest BCUT2D eigenvalue weighted by Gasteiger charge is 2.20. The van der Waals surface area contributed by atoms with Gasteiger partial charge >= 0.3 is 0 Å². The molecule has 7 aromatic carbocycles. The molecule has 0 aliphatic heterocycles. The first-order chi connectivity index (χ1) is 25.3. The van der Waals surface area contributed by atoms with Crippen LogP contribution in [0.4, 0.5) is 0 Å². The van der Waals surface area contributed by atoms with E-state index < -0.39 is 0 Å². The van der Waals surface area contributed by atoms with Crippen molar-refractivity contribution in [1.82, 2.24) is 24.1 Å². The average molecular weight is 670 g/mol. The van der Waals surface area contributed by atoms with Crippen LogP contribution in [0.15, 0.2) is 164 Å². The first-order valence-electron chi connectivity index (χ1n) is 17.0. The van der Waals surface area contributed by atoms with Crippen LogP contribution in [0.1, 0.15) is 0 Å². The molecule has 0 radical (unpaired) electrons. The molecule has 4 heterocycles. The molecule has 238 valence electrons. The van der Waals surface area contributed by atoms with Crippen molar-refractivity contribution < 1.29 is 0 Å². The van der Waals surface area contributed by atoms with E-state index in [1.807, 2.05) is 29.5 Å². The summed E-state index contributed by atoms with van der Waals surface area (Å²) in [6, 6.07) is 57.8. The van der Waals surface area contributed by atoms with Gasteiger partial charge < -0.3 is 4.57 Å². The third-order valence-electron chi connectivity index (χ3n) is 9.99. The summed E-state index contributed by atoms with van der Waals surface area (Å²) in [6.07, 6.45) is 0. The molecule has 0 spiro atoms. The Bertz CT molecular complexity index is 3100. The van der Waals surface area contributed by atoms with E-state index in [0.717, 1.165) is 38.4 Å². The van der Waals surface area contributed by atoms with E-state index in [1.165, 1.54) is 42.1 Å². The van der Waals surface area contributed by atoms with Crippen molar-refractivity contribution in [2.24, 2.45) is 0 Å². The molecule has 0 atom stereocenters. The van der Waals surface area contributed by atoms with Crippen LogP contribution in [0.5, 0.6) is 0 Å². The van der Waals surface area contributed by atoms with Gasteiger partial charge in [0.25, 0.3) is 0 Å². The molecule has 0 bridgehead atoms. The normalized spacial score (nSPS) is 11.9. The number of fused-ring (bicyclic) bond motifs is 9. The van der Waals surface area contributed by atoms with Crippen molar-refractivity contribution in [2.45, 2.75) is 0 Å². The van der Waals surface area contributed by atoms with Gasteiger partial charge in [-0.25, -0.2) is 4.98 Å². The number of rotatable bonds is 4. The Morgan fingerprint density at radius 1 is 0.373 bits per heavy atom. The first-order valence-corrected chi connectivity index (χ1v) is 17.9. The van der Waals surface area contributed by atoms with Crippen molar-refractivity contribution in [1.29, 1.82) is 0 Å². The van der Waals surface area contributed by atoms with Gasteiger partial charge in [0.05, 0.1) is 27.8 Å². The Hall–Kier alpha value is -6.63. The third kappa shape index (κ3) is 4.24. The first kappa shape index (κ1) is 28.2. The maximum absolute atomic E-state index is 5.25. The lowest BCUT2D eigenvalue weighted by Crippen LogP contribution is -2.06. The van der Waals surface area contributed by atoms with Crippen molar-refractivity contribution in [3.63, 3.8) is 0 Å². The maximum atomic E-state index is 5.25. The molecule has 5 nitrogen and oxygen atoms in total. The fourth-order valence-electron chi connectivity index (χ4n) is 7.76. The van der Waals surface area contributed by atoms with Crippen molar-refractivity contribution in [2.75, 3.05) is 0 Å². The summed E-state index contributed by atoms with van der Waals surface area (Å²) < 4.78 is 7.15. The molecule has 6 heteroatoms. The number of thiophene rings is 1. The molecule has 0 aliphatic carbocycles. The second kappa shape index (κ2) is 10.9. The summed E-state index contributed by atoms with van der Waals surface area (Å²) in [6.45, 7) is 0. The van der Waals surface area contributed by atoms with Crippen molar-refractivity contribution >= 4 is 75.1 Å².